The molecule has 4 nitrogen and oxygen atoms in total. The number of aromatic nitrogens is 2. The number of nitrogens with one attached hydrogen (secondary N) is 2. The van der Waals surface area contributed by atoms with Crippen molar-refractivity contribution in [2.75, 3.05) is 17.2 Å². The van der Waals surface area contributed by atoms with Gasteiger partial charge < -0.3 is 10.6 Å². The summed E-state index contributed by atoms with van der Waals surface area (Å²) in [6.07, 6.45) is 3.64. The van der Waals surface area contributed by atoms with Crippen LogP contribution in [-0.4, -0.2) is 16.5 Å². The molecule has 4 heteroatoms. The van der Waals surface area contributed by atoms with Gasteiger partial charge >= 0.3 is 0 Å². The molecule has 2 aromatic heterocycles. The van der Waals surface area contributed by atoms with E-state index in [0.717, 1.165) is 29.3 Å². The number of hydrogen-bond acceptors (Lipinski definition) is 4. The first-order chi connectivity index (χ1) is 8.78. The van der Waals surface area contributed by atoms with Gasteiger partial charge in [-0.1, -0.05) is 6.07 Å². The van der Waals surface area contributed by atoms with Crippen LogP contribution in [0.1, 0.15) is 18.3 Å². The maximum Gasteiger partial charge on any atom is 0.0597 e. The SMILES string of the molecule is CCNc1cncc(NCc2cccc(C)n2)c1. The van der Waals surface area contributed by atoms with E-state index in [1.54, 1.807) is 0 Å². The molecular formula is C14H18N4. The zero-order valence-electron chi connectivity index (χ0n) is 10.8. The molecule has 0 aliphatic heterocycles. The van der Waals surface area contributed by atoms with Gasteiger partial charge in [0.25, 0.3) is 0 Å². The second-order valence-electron chi connectivity index (χ2n) is 4.12. The monoisotopic (exact) mass is 242 g/mol. The lowest BCUT2D eigenvalue weighted by Crippen LogP contribution is -2.04. The molecule has 0 saturated heterocycles. The summed E-state index contributed by atoms with van der Waals surface area (Å²) in [6, 6.07) is 8.08. The number of hydrogen-bond donors (Lipinski definition) is 2. The Labute approximate surface area is 107 Å². The Bertz CT molecular complexity index is 511. The van der Waals surface area contributed by atoms with E-state index < -0.39 is 0 Å². The van der Waals surface area contributed by atoms with Crippen molar-refractivity contribution in [2.45, 2.75) is 20.4 Å². The molecule has 0 aromatic carbocycles. The Morgan fingerprint density at radius 3 is 2.61 bits per heavy atom. The molecule has 18 heavy (non-hydrogen) atoms. The van der Waals surface area contributed by atoms with Gasteiger partial charge in [-0.15, -0.1) is 0 Å². The van der Waals surface area contributed by atoms with Crippen molar-refractivity contribution in [1.29, 1.82) is 0 Å². The zero-order valence-corrected chi connectivity index (χ0v) is 10.8. The van der Waals surface area contributed by atoms with Gasteiger partial charge in [0, 0.05) is 12.2 Å². The van der Waals surface area contributed by atoms with E-state index in [-0.39, 0.29) is 0 Å². The number of pyridine rings is 2. The van der Waals surface area contributed by atoms with Crippen LogP contribution in [0.25, 0.3) is 0 Å². The van der Waals surface area contributed by atoms with Gasteiger partial charge in [0.05, 0.1) is 36.0 Å². The van der Waals surface area contributed by atoms with Crippen LogP contribution in [0.3, 0.4) is 0 Å². The van der Waals surface area contributed by atoms with Crippen LogP contribution >= 0.6 is 0 Å². The van der Waals surface area contributed by atoms with Gasteiger partial charge in [0.2, 0.25) is 0 Å². The largest absolute Gasteiger partial charge is 0.384 e. The fourth-order valence-corrected chi connectivity index (χ4v) is 1.73. The van der Waals surface area contributed by atoms with E-state index in [4.69, 9.17) is 0 Å². The van der Waals surface area contributed by atoms with Crippen molar-refractivity contribution in [3.8, 4) is 0 Å². The third-order valence-electron chi connectivity index (χ3n) is 2.54. The van der Waals surface area contributed by atoms with E-state index in [0.29, 0.717) is 6.54 Å². The fraction of sp³-hybridized carbons (Fsp3) is 0.286. The van der Waals surface area contributed by atoms with E-state index in [1.165, 1.54) is 0 Å². The zero-order chi connectivity index (χ0) is 12.8. The Morgan fingerprint density at radius 1 is 1.11 bits per heavy atom. The van der Waals surface area contributed by atoms with Crippen molar-refractivity contribution in [2.24, 2.45) is 0 Å². The van der Waals surface area contributed by atoms with Gasteiger partial charge in [0.15, 0.2) is 0 Å². The molecule has 2 heterocycles. The Morgan fingerprint density at radius 2 is 1.89 bits per heavy atom. The number of aryl methyl sites for hydroxylation is 1. The Kier molecular flexibility index (Phi) is 4.12. The molecule has 2 aromatic rings. The number of rotatable bonds is 5. The van der Waals surface area contributed by atoms with Crippen LogP contribution in [0.2, 0.25) is 0 Å². The summed E-state index contributed by atoms with van der Waals surface area (Å²) in [7, 11) is 0. The summed E-state index contributed by atoms with van der Waals surface area (Å²) in [5.74, 6) is 0. The first-order valence-corrected chi connectivity index (χ1v) is 6.13. The van der Waals surface area contributed by atoms with Crippen LogP contribution in [0.4, 0.5) is 11.4 Å². The lowest BCUT2D eigenvalue weighted by Gasteiger charge is -2.08. The van der Waals surface area contributed by atoms with Gasteiger partial charge in [-0.05, 0) is 32.0 Å². The van der Waals surface area contributed by atoms with Crippen molar-refractivity contribution >= 4 is 11.4 Å². The van der Waals surface area contributed by atoms with E-state index in [9.17, 15) is 0 Å². The first-order valence-electron chi connectivity index (χ1n) is 6.13. The molecule has 94 valence electrons. The normalized spacial score (nSPS) is 10.1. The van der Waals surface area contributed by atoms with Crippen molar-refractivity contribution in [3.63, 3.8) is 0 Å². The highest BCUT2D eigenvalue weighted by Gasteiger charge is 1.98. The van der Waals surface area contributed by atoms with E-state index >= 15 is 0 Å². The summed E-state index contributed by atoms with van der Waals surface area (Å²) < 4.78 is 0. The lowest BCUT2D eigenvalue weighted by molar-refractivity contribution is 1.01. The lowest BCUT2D eigenvalue weighted by atomic mass is 10.3. The van der Waals surface area contributed by atoms with E-state index in [2.05, 4.69) is 27.5 Å². The number of nitrogens with zero attached hydrogens (tertiary/aromatic N) is 2. The molecule has 2 rings (SSSR count). The van der Waals surface area contributed by atoms with E-state index in [1.807, 2.05) is 43.6 Å². The third kappa shape index (κ3) is 3.45. The molecular weight excluding hydrogens is 224 g/mol. The maximum absolute atomic E-state index is 4.45. The van der Waals surface area contributed by atoms with Crippen molar-refractivity contribution < 1.29 is 0 Å². The number of anilines is 2. The highest BCUT2D eigenvalue weighted by atomic mass is 14.9. The van der Waals surface area contributed by atoms with Crippen molar-refractivity contribution in [1.82, 2.24) is 9.97 Å². The Hall–Kier alpha value is -2.10. The fourth-order valence-electron chi connectivity index (χ4n) is 1.73. The average Bonchev–Trinajstić information content (AvgIpc) is 2.37. The molecule has 0 radical (unpaired) electrons. The highest BCUT2D eigenvalue weighted by Crippen LogP contribution is 2.13. The first kappa shape index (κ1) is 12.4. The molecule has 0 bridgehead atoms. The molecule has 0 fully saturated rings. The van der Waals surface area contributed by atoms with Crippen LogP contribution in [-0.2, 0) is 6.54 Å². The van der Waals surface area contributed by atoms with Crippen LogP contribution in [0.5, 0.6) is 0 Å². The van der Waals surface area contributed by atoms with Crippen LogP contribution < -0.4 is 10.6 Å². The molecule has 0 saturated carbocycles. The molecule has 0 aliphatic rings. The molecule has 0 amide bonds. The van der Waals surface area contributed by atoms with Crippen LogP contribution in [0.15, 0.2) is 36.7 Å². The molecule has 2 N–H and O–H groups in total. The minimum absolute atomic E-state index is 0.707. The molecule has 0 unspecified atom stereocenters. The van der Waals surface area contributed by atoms with Crippen LogP contribution in [0, 0.1) is 6.92 Å². The predicted molar refractivity (Wildman–Crippen MR) is 74.7 cm³/mol. The van der Waals surface area contributed by atoms with Gasteiger partial charge in [0.1, 0.15) is 0 Å². The van der Waals surface area contributed by atoms with Gasteiger partial charge in [-0.25, -0.2) is 0 Å². The summed E-state index contributed by atoms with van der Waals surface area (Å²) in [6.45, 7) is 5.66. The van der Waals surface area contributed by atoms with Crippen molar-refractivity contribution in [3.05, 3.63) is 48.0 Å². The minimum Gasteiger partial charge on any atom is -0.384 e. The summed E-state index contributed by atoms with van der Waals surface area (Å²) in [4.78, 5) is 8.64. The molecule has 0 aliphatic carbocycles. The quantitative estimate of drug-likeness (QED) is 0.846. The average molecular weight is 242 g/mol. The summed E-state index contributed by atoms with van der Waals surface area (Å²) in [5.41, 5.74) is 4.09. The Balaban J connectivity index is 1.99. The highest BCUT2D eigenvalue weighted by molar-refractivity contribution is 5.53. The minimum atomic E-state index is 0.707. The maximum atomic E-state index is 4.45. The molecule has 0 atom stereocenters. The topological polar surface area (TPSA) is 49.8 Å². The summed E-state index contributed by atoms with van der Waals surface area (Å²) in [5, 5.41) is 6.56. The second-order valence-corrected chi connectivity index (χ2v) is 4.12. The summed E-state index contributed by atoms with van der Waals surface area (Å²) >= 11 is 0. The smallest absolute Gasteiger partial charge is 0.0597 e. The second kappa shape index (κ2) is 6.00. The molecule has 0 spiro atoms. The van der Waals surface area contributed by atoms with Gasteiger partial charge in [-0.3, -0.25) is 9.97 Å². The van der Waals surface area contributed by atoms with Gasteiger partial charge in [-0.2, -0.15) is 0 Å². The predicted octanol–water partition coefficient (Wildman–Crippen LogP) is 2.83. The third-order valence-corrected chi connectivity index (χ3v) is 2.54. The standard InChI is InChI=1S/C14H18N4/c1-3-16-13-7-14(9-15-8-13)17-10-12-6-4-5-11(2)18-12/h4-9,16-17H,3,10H2,1-2H3.